The van der Waals surface area contributed by atoms with Crippen LogP contribution in [0.3, 0.4) is 0 Å². The van der Waals surface area contributed by atoms with Crippen LogP contribution in [0.1, 0.15) is 20.8 Å². The third-order valence-corrected chi connectivity index (χ3v) is 2.40. The van der Waals surface area contributed by atoms with Crippen LogP contribution in [-0.2, 0) is 7.05 Å². The van der Waals surface area contributed by atoms with Gasteiger partial charge in [-0.05, 0) is 45.0 Å². The summed E-state index contributed by atoms with van der Waals surface area (Å²) >= 11 is 0. The molecule has 0 bridgehead atoms. The quantitative estimate of drug-likeness (QED) is 0.750. The molecule has 0 saturated carbocycles. The number of aromatic nitrogens is 1. The van der Waals surface area contributed by atoms with Gasteiger partial charge in [0, 0.05) is 35.4 Å². The maximum atomic E-state index is 3.47. The Bertz CT molecular complexity index is 475. The van der Waals surface area contributed by atoms with Crippen molar-refractivity contribution >= 4 is 16.6 Å². The lowest BCUT2D eigenvalue weighted by Crippen LogP contribution is -2.25. The van der Waals surface area contributed by atoms with Gasteiger partial charge < -0.3 is 9.88 Å². The number of hydrogen-bond acceptors (Lipinski definition) is 1. The SMILES string of the molecule is Cn1ccc2cc(NC(C)(C)C)ccc21. The number of nitrogens with one attached hydrogen (secondary N) is 1. The molecule has 1 aromatic heterocycles. The van der Waals surface area contributed by atoms with E-state index < -0.39 is 0 Å². The molecule has 0 saturated heterocycles. The van der Waals surface area contributed by atoms with Gasteiger partial charge in [-0.1, -0.05) is 0 Å². The zero-order valence-corrected chi connectivity index (χ0v) is 9.83. The average Bonchev–Trinajstić information content (AvgIpc) is 2.45. The highest BCUT2D eigenvalue weighted by Crippen LogP contribution is 2.21. The summed E-state index contributed by atoms with van der Waals surface area (Å²) in [7, 11) is 2.07. The lowest BCUT2D eigenvalue weighted by molar-refractivity contribution is 0.634. The standard InChI is InChI=1S/C13H18N2/c1-13(2,3)14-11-5-6-12-10(9-11)7-8-15(12)4/h5-9,14H,1-4H3. The van der Waals surface area contributed by atoms with Crippen LogP contribution in [0.4, 0.5) is 5.69 Å². The second-order valence-corrected chi connectivity index (χ2v) is 5.08. The highest BCUT2D eigenvalue weighted by atomic mass is 15.0. The minimum atomic E-state index is 0.114. The van der Waals surface area contributed by atoms with Crippen LogP contribution in [0.25, 0.3) is 10.9 Å². The van der Waals surface area contributed by atoms with E-state index in [0.29, 0.717) is 0 Å². The van der Waals surface area contributed by atoms with Crippen LogP contribution in [-0.4, -0.2) is 10.1 Å². The van der Waals surface area contributed by atoms with Crippen molar-refractivity contribution in [2.75, 3.05) is 5.32 Å². The summed E-state index contributed by atoms with van der Waals surface area (Å²) in [5.74, 6) is 0. The summed E-state index contributed by atoms with van der Waals surface area (Å²) < 4.78 is 2.14. The highest BCUT2D eigenvalue weighted by Gasteiger charge is 2.09. The van der Waals surface area contributed by atoms with Crippen molar-refractivity contribution in [2.45, 2.75) is 26.3 Å². The van der Waals surface area contributed by atoms with Gasteiger partial charge >= 0.3 is 0 Å². The van der Waals surface area contributed by atoms with E-state index >= 15 is 0 Å². The second-order valence-electron chi connectivity index (χ2n) is 5.08. The fourth-order valence-corrected chi connectivity index (χ4v) is 1.79. The molecule has 0 unspecified atom stereocenters. The zero-order valence-electron chi connectivity index (χ0n) is 9.83. The molecule has 0 radical (unpaired) electrons. The van der Waals surface area contributed by atoms with E-state index in [9.17, 15) is 0 Å². The maximum absolute atomic E-state index is 3.47. The van der Waals surface area contributed by atoms with E-state index in [1.807, 2.05) is 0 Å². The van der Waals surface area contributed by atoms with Crippen molar-refractivity contribution in [3.63, 3.8) is 0 Å². The monoisotopic (exact) mass is 202 g/mol. The fraction of sp³-hybridized carbons (Fsp3) is 0.385. The molecule has 1 N–H and O–H groups in total. The second kappa shape index (κ2) is 3.30. The minimum absolute atomic E-state index is 0.114. The molecular weight excluding hydrogens is 184 g/mol. The molecule has 2 aromatic rings. The lowest BCUT2D eigenvalue weighted by atomic mass is 10.1. The minimum Gasteiger partial charge on any atom is -0.380 e. The molecule has 2 heteroatoms. The predicted molar refractivity (Wildman–Crippen MR) is 66.3 cm³/mol. The van der Waals surface area contributed by atoms with Crippen molar-refractivity contribution in [2.24, 2.45) is 7.05 Å². The number of hydrogen-bond donors (Lipinski definition) is 1. The maximum Gasteiger partial charge on any atom is 0.0479 e. The van der Waals surface area contributed by atoms with E-state index in [4.69, 9.17) is 0 Å². The van der Waals surface area contributed by atoms with Gasteiger partial charge in [-0.3, -0.25) is 0 Å². The molecule has 0 atom stereocenters. The number of fused-ring (bicyclic) bond motifs is 1. The van der Waals surface area contributed by atoms with Gasteiger partial charge in [0.15, 0.2) is 0 Å². The van der Waals surface area contributed by atoms with Crippen molar-refractivity contribution in [1.82, 2.24) is 4.57 Å². The first kappa shape index (κ1) is 10.1. The Balaban J connectivity index is 2.39. The van der Waals surface area contributed by atoms with Gasteiger partial charge in [0.05, 0.1) is 0 Å². The summed E-state index contributed by atoms with van der Waals surface area (Å²) in [5.41, 5.74) is 2.57. The van der Waals surface area contributed by atoms with Crippen LogP contribution >= 0.6 is 0 Å². The van der Waals surface area contributed by atoms with Crippen LogP contribution in [0.5, 0.6) is 0 Å². The molecule has 0 aliphatic carbocycles. The largest absolute Gasteiger partial charge is 0.380 e. The van der Waals surface area contributed by atoms with Gasteiger partial charge in [0.1, 0.15) is 0 Å². The van der Waals surface area contributed by atoms with E-state index in [0.717, 1.165) is 0 Å². The Labute approximate surface area is 90.9 Å². The normalized spacial score (nSPS) is 12.0. The topological polar surface area (TPSA) is 17.0 Å². The first-order chi connectivity index (χ1) is 6.96. The highest BCUT2D eigenvalue weighted by molar-refractivity contribution is 5.83. The van der Waals surface area contributed by atoms with Gasteiger partial charge in [0.25, 0.3) is 0 Å². The number of rotatable bonds is 1. The van der Waals surface area contributed by atoms with E-state index in [1.165, 1.54) is 16.6 Å². The third kappa shape index (κ3) is 2.14. The Hall–Kier alpha value is -1.44. The van der Waals surface area contributed by atoms with E-state index in [1.54, 1.807) is 0 Å². The molecular formula is C13H18N2. The molecule has 1 aromatic carbocycles. The fourth-order valence-electron chi connectivity index (χ4n) is 1.79. The summed E-state index contributed by atoms with van der Waals surface area (Å²) in [6.07, 6.45) is 2.09. The molecule has 0 aliphatic rings. The Morgan fingerprint density at radius 2 is 1.87 bits per heavy atom. The van der Waals surface area contributed by atoms with Gasteiger partial charge in [-0.25, -0.2) is 0 Å². The zero-order chi connectivity index (χ0) is 11.1. The summed E-state index contributed by atoms with van der Waals surface area (Å²) in [5, 5.41) is 4.76. The molecule has 0 amide bonds. The molecule has 80 valence electrons. The van der Waals surface area contributed by atoms with Crippen LogP contribution in [0.2, 0.25) is 0 Å². The molecule has 0 spiro atoms. The van der Waals surface area contributed by atoms with Gasteiger partial charge in [-0.15, -0.1) is 0 Å². The Morgan fingerprint density at radius 1 is 1.13 bits per heavy atom. The number of benzene rings is 1. The summed E-state index contributed by atoms with van der Waals surface area (Å²) in [4.78, 5) is 0. The summed E-state index contributed by atoms with van der Waals surface area (Å²) in [6, 6.07) is 8.63. The smallest absolute Gasteiger partial charge is 0.0479 e. The lowest BCUT2D eigenvalue weighted by Gasteiger charge is -2.22. The van der Waals surface area contributed by atoms with E-state index in [-0.39, 0.29) is 5.54 Å². The molecule has 0 fully saturated rings. The first-order valence-corrected chi connectivity index (χ1v) is 5.29. The number of anilines is 1. The Kier molecular flexibility index (Phi) is 2.22. The molecule has 2 nitrogen and oxygen atoms in total. The van der Waals surface area contributed by atoms with Crippen LogP contribution < -0.4 is 5.32 Å². The predicted octanol–water partition coefficient (Wildman–Crippen LogP) is 3.39. The van der Waals surface area contributed by atoms with Crippen molar-refractivity contribution in [1.29, 1.82) is 0 Å². The molecule has 0 aliphatic heterocycles. The van der Waals surface area contributed by atoms with Crippen LogP contribution in [0, 0.1) is 0 Å². The van der Waals surface area contributed by atoms with Crippen LogP contribution in [0.15, 0.2) is 30.5 Å². The summed E-state index contributed by atoms with van der Waals surface area (Å²) in [6.45, 7) is 6.51. The Morgan fingerprint density at radius 3 is 2.53 bits per heavy atom. The van der Waals surface area contributed by atoms with Crippen molar-refractivity contribution in [3.05, 3.63) is 30.5 Å². The third-order valence-electron chi connectivity index (χ3n) is 2.40. The average molecular weight is 202 g/mol. The van der Waals surface area contributed by atoms with Gasteiger partial charge in [0.2, 0.25) is 0 Å². The molecule has 15 heavy (non-hydrogen) atoms. The number of aryl methyl sites for hydroxylation is 1. The first-order valence-electron chi connectivity index (χ1n) is 5.29. The van der Waals surface area contributed by atoms with Crippen molar-refractivity contribution in [3.8, 4) is 0 Å². The van der Waals surface area contributed by atoms with Crippen molar-refractivity contribution < 1.29 is 0 Å². The molecule has 2 rings (SSSR count). The molecule has 1 heterocycles. The van der Waals surface area contributed by atoms with Gasteiger partial charge in [-0.2, -0.15) is 0 Å². The van der Waals surface area contributed by atoms with E-state index in [2.05, 4.69) is 68.2 Å². The number of nitrogens with zero attached hydrogens (tertiary/aromatic N) is 1.